The monoisotopic (exact) mass is 243 g/mol. The number of unbranched alkanes of at least 4 members (excludes halogenated alkanes) is 2. The lowest BCUT2D eigenvalue weighted by atomic mass is 10.2. The minimum atomic E-state index is -4.35. The van der Waals surface area contributed by atoms with E-state index < -0.39 is 11.7 Å². The van der Waals surface area contributed by atoms with Crippen LogP contribution in [0.3, 0.4) is 0 Å². The Morgan fingerprint density at radius 1 is 1.29 bits per heavy atom. The lowest BCUT2D eigenvalue weighted by Gasteiger charge is -2.08. The lowest BCUT2D eigenvalue weighted by Crippen LogP contribution is -2.07. The third-order valence-electron chi connectivity index (χ3n) is 2.11. The van der Waals surface area contributed by atoms with Crippen molar-refractivity contribution >= 4 is 5.82 Å². The van der Waals surface area contributed by atoms with Crippen LogP contribution in [-0.4, -0.2) is 11.5 Å². The smallest absolute Gasteiger partial charge is 0.370 e. The Hall–Kier alpha value is -1.77. The van der Waals surface area contributed by atoms with Gasteiger partial charge in [0, 0.05) is 19.2 Å². The van der Waals surface area contributed by atoms with E-state index >= 15 is 0 Å². The van der Waals surface area contributed by atoms with E-state index in [1.807, 2.05) is 6.07 Å². The second kappa shape index (κ2) is 6.09. The quantitative estimate of drug-likeness (QED) is 0.808. The van der Waals surface area contributed by atoms with Gasteiger partial charge < -0.3 is 5.32 Å². The van der Waals surface area contributed by atoms with Crippen LogP contribution in [-0.2, 0) is 6.18 Å². The maximum atomic E-state index is 12.2. The zero-order valence-electron chi connectivity index (χ0n) is 9.09. The fourth-order valence-electron chi connectivity index (χ4n) is 1.21. The van der Waals surface area contributed by atoms with Gasteiger partial charge in [0.05, 0.1) is 11.6 Å². The topological polar surface area (TPSA) is 48.7 Å². The molecule has 0 saturated heterocycles. The summed E-state index contributed by atoms with van der Waals surface area (Å²) in [5.41, 5.74) is -0.757. The van der Waals surface area contributed by atoms with Crippen molar-refractivity contribution in [3.8, 4) is 6.07 Å². The van der Waals surface area contributed by atoms with E-state index in [1.165, 1.54) is 6.07 Å². The van der Waals surface area contributed by atoms with Gasteiger partial charge in [-0.2, -0.15) is 18.4 Å². The van der Waals surface area contributed by atoms with Crippen LogP contribution in [0.25, 0.3) is 0 Å². The van der Waals surface area contributed by atoms with Crippen molar-refractivity contribution in [2.45, 2.75) is 25.4 Å². The third-order valence-corrected chi connectivity index (χ3v) is 2.11. The Morgan fingerprint density at radius 2 is 2.06 bits per heavy atom. The van der Waals surface area contributed by atoms with Crippen LogP contribution in [0.1, 0.15) is 24.8 Å². The standard InChI is InChI=1S/C11H12F3N3/c12-11(13,14)9-4-5-10(17-8-9)16-7-3-1-2-6-15/h4-5,8H,1-3,7H2,(H,16,17). The number of alkyl halides is 3. The van der Waals surface area contributed by atoms with E-state index in [4.69, 9.17) is 5.26 Å². The van der Waals surface area contributed by atoms with Crippen molar-refractivity contribution < 1.29 is 13.2 Å². The van der Waals surface area contributed by atoms with Gasteiger partial charge >= 0.3 is 6.18 Å². The molecule has 0 radical (unpaired) electrons. The van der Waals surface area contributed by atoms with E-state index in [2.05, 4.69) is 10.3 Å². The lowest BCUT2D eigenvalue weighted by molar-refractivity contribution is -0.137. The Balaban J connectivity index is 2.39. The van der Waals surface area contributed by atoms with Gasteiger partial charge in [0.1, 0.15) is 5.82 Å². The van der Waals surface area contributed by atoms with Gasteiger partial charge in [-0.15, -0.1) is 0 Å². The predicted octanol–water partition coefficient (Wildman–Crippen LogP) is 3.21. The predicted molar refractivity (Wildman–Crippen MR) is 57.2 cm³/mol. The molecule has 92 valence electrons. The first-order valence-electron chi connectivity index (χ1n) is 5.18. The first-order chi connectivity index (χ1) is 8.04. The summed E-state index contributed by atoms with van der Waals surface area (Å²) in [7, 11) is 0. The van der Waals surface area contributed by atoms with E-state index in [0.717, 1.165) is 25.1 Å². The van der Waals surface area contributed by atoms with Crippen LogP contribution in [0.5, 0.6) is 0 Å². The number of nitriles is 1. The highest BCUT2D eigenvalue weighted by Crippen LogP contribution is 2.28. The van der Waals surface area contributed by atoms with Crippen LogP contribution in [0.4, 0.5) is 19.0 Å². The fraction of sp³-hybridized carbons (Fsp3) is 0.455. The van der Waals surface area contributed by atoms with Crippen LogP contribution in [0, 0.1) is 11.3 Å². The van der Waals surface area contributed by atoms with Gasteiger partial charge in [-0.05, 0) is 25.0 Å². The summed E-state index contributed by atoms with van der Waals surface area (Å²) >= 11 is 0. The molecular formula is C11H12F3N3. The van der Waals surface area contributed by atoms with E-state index in [1.54, 1.807) is 0 Å². The molecular weight excluding hydrogens is 231 g/mol. The van der Waals surface area contributed by atoms with E-state index in [-0.39, 0.29) is 0 Å². The Bertz CT molecular complexity index is 378. The molecule has 0 amide bonds. The number of aromatic nitrogens is 1. The largest absolute Gasteiger partial charge is 0.417 e. The molecule has 1 N–H and O–H groups in total. The van der Waals surface area contributed by atoms with Crippen molar-refractivity contribution in [2.75, 3.05) is 11.9 Å². The van der Waals surface area contributed by atoms with Gasteiger partial charge in [-0.25, -0.2) is 4.98 Å². The molecule has 0 spiro atoms. The second-order valence-corrected chi connectivity index (χ2v) is 3.47. The van der Waals surface area contributed by atoms with Crippen LogP contribution in [0.15, 0.2) is 18.3 Å². The minimum Gasteiger partial charge on any atom is -0.370 e. The number of halogens is 3. The average Bonchev–Trinajstić information content (AvgIpc) is 2.28. The SMILES string of the molecule is N#CCCCCNc1ccc(C(F)(F)F)cn1. The number of nitrogens with zero attached hydrogens (tertiary/aromatic N) is 2. The minimum absolute atomic E-state index is 0.412. The van der Waals surface area contributed by atoms with Crippen molar-refractivity contribution in [3.63, 3.8) is 0 Å². The summed E-state index contributed by atoms with van der Waals surface area (Å²) in [5.74, 6) is 0.412. The zero-order valence-corrected chi connectivity index (χ0v) is 9.09. The third kappa shape index (κ3) is 4.72. The maximum absolute atomic E-state index is 12.2. The summed E-state index contributed by atoms with van der Waals surface area (Å²) in [4.78, 5) is 3.67. The molecule has 0 aliphatic heterocycles. The molecule has 1 heterocycles. The Kier molecular flexibility index (Phi) is 4.76. The van der Waals surface area contributed by atoms with Crippen LogP contribution in [0.2, 0.25) is 0 Å². The van der Waals surface area contributed by atoms with E-state index in [9.17, 15) is 13.2 Å². The molecule has 1 aromatic heterocycles. The molecule has 0 fully saturated rings. The van der Waals surface area contributed by atoms with Crippen molar-refractivity contribution in [3.05, 3.63) is 23.9 Å². The molecule has 0 unspecified atom stereocenters. The van der Waals surface area contributed by atoms with Gasteiger partial charge in [0.2, 0.25) is 0 Å². The van der Waals surface area contributed by atoms with Crippen molar-refractivity contribution in [1.82, 2.24) is 4.98 Å². The highest BCUT2D eigenvalue weighted by Gasteiger charge is 2.30. The zero-order chi connectivity index (χ0) is 12.7. The highest BCUT2D eigenvalue weighted by molar-refractivity contribution is 5.35. The summed E-state index contributed by atoms with van der Waals surface area (Å²) in [5, 5.41) is 11.2. The average molecular weight is 243 g/mol. The molecule has 0 aromatic carbocycles. The van der Waals surface area contributed by atoms with Crippen molar-refractivity contribution in [2.24, 2.45) is 0 Å². The first kappa shape index (κ1) is 13.3. The number of pyridine rings is 1. The van der Waals surface area contributed by atoms with Crippen LogP contribution < -0.4 is 5.32 Å². The van der Waals surface area contributed by atoms with Gasteiger partial charge in [-0.3, -0.25) is 0 Å². The molecule has 6 heteroatoms. The van der Waals surface area contributed by atoms with Gasteiger partial charge in [-0.1, -0.05) is 0 Å². The molecule has 0 aliphatic carbocycles. The number of hydrogen-bond acceptors (Lipinski definition) is 3. The van der Waals surface area contributed by atoms with Crippen molar-refractivity contribution in [1.29, 1.82) is 5.26 Å². The van der Waals surface area contributed by atoms with Gasteiger partial charge in [0.25, 0.3) is 0 Å². The molecule has 0 bridgehead atoms. The summed E-state index contributed by atoms with van der Waals surface area (Å²) < 4.78 is 36.7. The molecule has 1 aromatic rings. The number of anilines is 1. The Labute approximate surface area is 97.3 Å². The fourth-order valence-corrected chi connectivity index (χ4v) is 1.21. The Morgan fingerprint density at radius 3 is 2.59 bits per heavy atom. The molecule has 3 nitrogen and oxygen atoms in total. The first-order valence-corrected chi connectivity index (χ1v) is 5.18. The second-order valence-electron chi connectivity index (χ2n) is 3.47. The molecule has 0 aliphatic rings. The molecule has 0 atom stereocenters. The number of hydrogen-bond donors (Lipinski definition) is 1. The summed E-state index contributed by atoms with van der Waals surface area (Å²) in [6.07, 6.45) is -1.50. The maximum Gasteiger partial charge on any atom is 0.417 e. The van der Waals surface area contributed by atoms with Crippen LogP contribution >= 0.6 is 0 Å². The molecule has 17 heavy (non-hydrogen) atoms. The van der Waals surface area contributed by atoms with E-state index in [0.29, 0.717) is 18.8 Å². The summed E-state index contributed by atoms with van der Waals surface area (Å²) in [6.45, 7) is 0.597. The number of rotatable bonds is 5. The highest BCUT2D eigenvalue weighted by atomic mass is 19.4. The van der Waals surface area contributed by atoms with Gasteiger partial charge in [0.15, 0.2) is 0 Å². The normalized spacial score (nSPS) is 10.9. The summed E-state index contributed by atoms with van der Waals surface area (Å²) in [6, 6.07) is 4.31. The molecule has 0 saturated carbocycles. The molecule has 1 rings (SSSR count). The number of nitrogens with one attached hydrogen (secondary N) is 1.